The third-order valence-electron chi connectivity index (χ3n) is 4.87. The molecular weight excluding hydrogens is 380 g/mol. The van der Waals surface area contributed by atoms with E-state index in [1.54, 1.807) is 18.2 Å². The van der Waals surface area contributed by atoms with Gasteiger partial charge in [0.15, 0.2) is 11.5 Å². The zero-order valence-corrected chi connectivity index (χ0v) is 15.6. The molecule has 0 radical (unpaired) electrons. The lowest BCUT2D eigenvalue weighted by Crippen LogP contribution is -2.28. The van der Waals surface area contributed by atoms with Gasteiger partial charge >= 0.3 is 6.61 Å². The van der Waals surface area contributed by atoms with Crippen LogP contribution in [0, 0.1) is 5.92 Å². The quantitative estimate of drug-likeness (QED) is 0.702. The first-order valence-corrected chi connectivity index (χ1v) is 9.52. The molecule has 5 nitrogen and oxygen atoms in total. The van der Waals surface area contributed by atoms with E-state index in [2.05, 4.69) is 10.1 Å². The Morgan fingerprint density at radius 2 is 1.86 bits per heavy atom. The van der Waals surface area contributed by atoms with Crippen molar-refractivity contribution in [1.29, 1.82) is 0 Å². The van der Waals surface area contributed by atoms with E-state index < -0.39 is 6.61 Å². The van der Waals surface area contributed by atoms with E-state index in [-0.39, 0.29) is 17.7 Å². The number of hydrogen-bond acceptors (Lipinski definition) is 4. The van der Waals surface area contributed by atoms with Crippen LogP contribution in [-0.2, 0) is 4.79 Å². The van der Waals surface area contributed by atoms with Crippen LogP contribution in [0.25, 0.3) is 6.08 Å². The van der Waals surface area contributed by atoms with Gasteiger partial charge in [0.25, 0.3) is 0 Å². The maximum absolute atomic E-state index is 12.5. The lowest BCUT2D eigenvalue weighted by Gasteiger charge is -2.22. The number of benzene rings is 2. The van der Waals surface area contributed by atoms with Gasteiger partial charge in [-0.15, -0.1) is 0 Å². The Morgan fingerprint density at radius 1 is 1.10 bits per heavy atom. The van der Waals surface area contributed by atoms with Crippen LogP contribution in [-0.4, -0.2) is 25.7 Å². The number of alkyl halides is 2. The van der Waals surface area contributed by atoms with Gasteiger partial charge in [0, 0.05) is 11.6 Å². The Labute approximate surface area is 167 Å². The van der Waals surface area contributed by atoms with Crippen LogP contribution >= 0.6 is 0 Å². The van der Waals surface area contributed by atoms with E-state index >= 15 is 0 Å². The molecule has 1 amide bonds. The molecule has 0 aromatic heterocycles. The summed E-state index contributed by atoms with van der Waals surface area (Å²) in [6.45, 7) is -1.90. The molecule has 0 saturated heterocycles. The number of amides is 1. The van der Waals surface area contributed by atoms with Gasteiger partial charge in [-0.05, 0) is 48.6 Å². The molecule has 1 saturated carbocycles. The summed E-state index contributed by atoms with van der Waals surface area (Å²) in [4.78, 5) is 12.5. The number of halogens is 2. The molecule has 4 rings (SSSR count). The maximum atomic E-state index is 12.5. The van der Waals surface area contributed by atoms with Crippen LogP contribution in [0.5, 0.6) is 17.2 Å². The van der Waals surface area contributed by atoms with E-state index in [1.165, 1.54) is 18.2 Å². The number of rotatable bonds is 7. The molecular formula is C22H21F2NO4. The summed E-state index contributed by atoms with van der Waals surface area (Å²) in [6.07, 6.45) is 4.88. The van der Waals surface area contributed by atoms with Gasteiger partial charge in [0.1, 0.15) is 19.0 Å². The summed E-state index contributed by atoms with van der Waals surface area (Å²) in [5.74, 6) is 1.48. The minimum atomic E-state index is -2.92. The molecule has 152 valence electrons. The predicted molar refractivity (Wildman–Crippen MR) is 103 cm³/mol. The van der Waals surface area contributed by atoms with E-state index in [0.29, 0.717) is 36.2 Å². The summed E-state index contributed by atoms with van der Waals surface area (Å²) in [6, 6.07) is 11.9. The van der Waals surface area contributed by atoms with Crippen molar-refractivity contribution in [3.8, 4) is 17.2 Å². The normalized spacial score (nSPS) is 16.7. The molecule has 1 atom stereocenters. The molecule has 1 aliphatic heterocycles. The first-order chi connectivity index (χ1) is 14.1. The largest absolute Gasteiger partial charge is 0.486 e. The third-order valence-corrected chi connectivity index (χ3v) is 4.87. The van der Waals surface area contributed by atoms with Crippen LogP contribution in [0.2, 0.25) is 0 Å². The molecule has 1 aliphatic carbocycles. The lowest BCUT2D eigenvalue weighted by molar-refractivity contribution is -0.117. The monoisotopic (exact) mass is 401 g/mol. The second-order valence-electron chi connectivity index (χ2n) is 6.98. The van der Waals surface area contributed by atoms with Gasteiger partial charge < -0.3 is 19.5 Å². The van der Waals surface area contributed by atoms with E-state index in [9.17, 15) is 13.6 Å². The van der Waals surface area contributed by atoms with Crippen molar-refractivity contribution >= 4 is 12.0 Å². The molecule has 2 aliphatic rings. The number of para-hydroxylation sites is 1. The molecule has 1 fully saturated rings. The summed E-state index contributed by atoms with van der Waals surface area (Å²) < 4.78 is 40.7. The van der Waals surface area contributed by atoms with Gasteiger partial charge in [-0.1, -0.05) is 24.3 Å². The maximum Gasteiger partial charge on any atom is 0.387 e. The molecule has 7 heteroatoms. The second-order valence-corrected chi connectivity index (χ2v) is 6.98. The van der Waals surface area contributed by atoms with Gasteiger partial charge in [-0.2, -0.15) is 8.78 Å². The van der Waals surface area contributed by atoms with E-state index in [4.69, 9.17) is 9.47 Å². The zero-order valence-electron chi connectivity index (χ0n) is 15.6. The number of nitrogens with one attached hydrogen (secondary N) is 1. The Hall–Kier alpha value is -3.09. The summed E-state index contributed by atoms with van der Waals surface area (Å²) in [5, 5.41) is 3.02. The summed E-state index contributed by atoms with van der Waals surface area (Å²) >= 11 is 0. The Morgan fingerprint density at radius 3 is 2.62 bits per heavy atom. The van der Waals surface area contributed by atoms with Crippen molar-refractivity contribution in [3.63, 3.8) is 0 Å². The molecule has 1 heterocycles. The SMILES string of the molecule is O=C(/C=C/c1ccccc1OC(F)F)NC(c1ccc2c(c1)OCCO2)C1CC1. The zero-order chi connectivity index (χ0) is 20.2. The Kier molecular flexibility index (Phi) is 5.64. The fourth-order valence-corrected chi connectivity index (χ4v) is 3.34. The van der Waals surface area contributed by atoms with Gasteiger partial charge in [-0.25, -0.2) is 0 Å². The van der Waals surface area contributed by atoms with Crippen molar-refractivity contribution in [2.45, 2.75) is 25.5 Å². The molecule has 2 aromatic rings. The molecule has 1 N–H and O–H groups in total. The molecule has 29 heavy (non-hydrogen) atoms. The van der Waals surface area contributed by atoms with Crippen molar-refractivity contribution < 1.29 is 27.8 Å². The van der Waals surface area contributed by atoms with Crippen molar-refractivity contribution in [3.05, 3.63) is 59.7 Å². The van der Waals surface area contributed by atoms with Crippen LogP contribution in [0.3, 0.4) is 0 Å². The Bertz CT molecular complexity index is 911. The number of carbonyl (C=O) groups excluding carboxylic acids is 1. The van der Waals surface area contributed by atoms with Gasteiger partial charge in [0.2, 0.25) is 5.91 Å². The van der Waals surface area contributed by atoms with Crippen molar-refractivity contribution in [2.24, 2.45) is 5.92 Å². The predicted octanol–water partition coefficient (Wildman–Crippen LogP) is 4.34. The highest BCUT2D eigenvalue weighted by molar-refractivity contribution is 5.92. The van der Waals surface area contributed by atoms with Crippen molar-refractivity contribution in [2.75, 3.05) is 13.2 Å². The van der Waals surface area contributed by atoms with Gasteiger partial charge in [-0.3, -0.25) is 4.79 Å². The highest BCUT2D eigenvalue weighted by Crippen LogP contribution is 2.43. The lowest BCUT2D eigenvalue weighted by atomic mass is 10.0. The average molecular weight is 401 g/mol. The highest BCUT2D eigenvalue weighted by Gasteiger charge is 2.33. The van der Waals surface area contributed by atoms with Crippen LogP contribution < -0.4 is 19.5 Å². The first-order valence-electron chi connectivity index (χ1n) is 9.52. The fourth-order valence-electron chi connectivity index (χ4n) is 3.34. The number of hydrogen-bond donors (Lipinski definition) is 1. The number of carbonyl (C=O) groups is 1. The summed E-state index contributed by atoms with van der Waals surface area (Å²) in [7, 11) is 0. The average Bonchev–Trinajstić information content (AvgIpc) is 3.56. The van der Waals surface area contributed by atoms with Crippen LogP contribution in [0.1, 0.15) is 30.0 Å². The number of ether oxygens (including phenoxy) is 3. The highest BCUT2D eigenvalue weighted by atomic mass is 19.3. The van der Waals surface area contributed by atoms with Gasteiger partial charge in [0.05, 0.1) is 6.04 Å². The molecule has 0 bridgehead atoms. The van der Waals surface area contributed by atoms with E-state index in [1.807, 2.05) is 18.2 Å². The van der Waals surface area contributed by atoms with E-state index in [0.717, 1.165) is 18.4 Å². The van der Waals surface area contributed by atoms with Crippen molar-refractivity contribution in [1.82, 2.24) is 5.32 Å². The minimum absolute atomic E-state index is 0.0251. The fraction of sp³-hybridized carbons (Fsp3) is 0.318. The molecule has 1 unspecified atom stereocenters. The topological polar surface area (TPSA) is 56.8 Å². The minimum Gasteiger partial charge on any atom is -0.486 e. The molecule has 2 aromatic carbocycles. The standard InChI is InChI=1S/C22H21F2NO4/c23-22(24)29-17-4-2-1-3-14(17)8-10-20(26)25-21(15-5-6-15)16-7-9-18-19(13-16)28-12-11-27-18/h1-4,7-10,13,15,21-22H,5-6,11-12H2,(H,25,26)/b10-8+. The van der Waals surface area contributed by atoms with Crippen LogP contribution in [0.4, 0.5) is 8.78 Å². The Balaban J connectivity index is 1.47. The summed E-state index contributed by atoms with van der Waals surface area (Å²) in [5.41, 5.74) is 1.37. The second kappa shape index (κ2) is 8.51. The third kappa shape index (κ3) is 4.85. The number of fused-ring (bicyclic) bond motifs is 1. The van der Waals surface area contributed by atoms with Crippen LogP contribution in [0.15, 0.2) is 48.5 Å². The molecule has 0 spiro atoms. The smallest absolute Gasteiger partial charge is 0.387 e. The first kappa shape index (κ1) is 19.2.